The molecule has 0 saturated carbocycles. The quantitative estimate of drug-likeness (QED) is 0.156. The highest BCUT2D eigenvalue weighted by Gasteiger charge is 2.26. The maximum absolute atomic E-state index is 6.58. The predicted octanol–water partition coefficient (Wildman–Crippen LogP) is 26.0. The Kier molecular flexibility index (Phi) is 11.0. The lowest BCUT2D eigenvalue weighted by atomic mass is 9.94. The normalized spacial score (nSPS) is 12.4. The molecule has 24 rings (SSSR count). The minimum absolute atomic E-state index is 0.899. The van der Waals surface area contributed by atoms with Gasteiger partial charge in [-0.2, -0.15) is 0 Å². The monoisotopic (exact) mass is 1290 g/mol. The van der Waals surface area contributed by atoms with Crippen molar-refractivity contribution in [3.05, 3.63) is 328 Å². The molecule has 0 N–H and O–H groups in total. The van der Waals surface area contributed by atoms with Crippen molar-refractivity contribution in [2.45, 2.75) is 0 Å². The molecule has 0 unspecified atom stereocenters. The summed E-state index contributed by atoms with van der Waals surface area (Å²) in [5.41, 5.74) is 24.1. The molecule has 0 saturated heterocycles. The van der Waals surface area contributed by atoms with Crippen LogP contribution in [0, 0.1) is 0 Å². The summed E-state index contributed by atoms with van der Waals surface area (Å²) < 4.78 is 29.2. The van der Waals surface area contributed by atoms with Crippen molar-refractivity contribution in [3.63, 3.8) is 0 Å². The average molecular weight is 1290 g/mol. The summed E-state index contributed by atoms with van der Waals surface area (Å²) >= 11 is 0. The molecular formula is C94H54N4O3. The third kappa shape index (κ3) is 7.55. The molecule has 0 bridgehead atoms. The van der Waals surface area contributed by atoms with Gasteiger partial charge in [0.1, 0.15) is 16.7 Å². The molecule has 0 amide bonds. The molecule has 101 heavy (non-hydrogen) atoms. The van der Waals surface area contributed by atoms with E-state index < -0.39 is 0 Å². The summed E-state index contributed by atoms with van der Waals surface area (Å²) in [7, 11) is 0. The van der Waals surface area contributed by atoms with Gasteiger partial charge in [0, 0.05) is 81.1 Å². The van der Waals surface area contributed by atoms with Gasteiger partial charge in [0.15, 0.2) is 16.7 Å². The number of hydrogen-bond donors (Lipinski definition) is 0. The van der Waals surface area contributed by atoms with Gasteiger partial charge in [0.25, 0.3) is 0 Å². The van der Waals surface area contributed by atoms with Gasteiger partial charge in [-0.05, 0) is 153 Å². The van der Waals surface area contributed by atoms with Gasteiger partial charge in [-0.25, -0.2) is 0 Å². The largest absolute Gasteiger partial charge is 0.454 e. The summed E-state index contributed by atoms with van der Waals surface area (Å²) in [6.45, 7) is 0. The summed E-state index contributed by atoms with van der Waals surface area (Å²) in [6.07, 6.45) is 0. The molecule has 0 radical (unpaired) electrons. The second-order valence-electron chi connectivity index (χ2n) is 26.9. The first kappa shape index (κ1) is 54.5. The zero-order valence-corrected chi connectivity index (χ0v) is 54.2. The number of furan rings is 3. The molecule has 0 aliphatic heterocycles. The van der Waals surface area contributed by atoms with E-state index in [1.807, 2.05) is 18.2 Å². The van der Waals surface area contributed by atoms with Crippen LogP contribution in [-0.4, -0.2) is 18.3 Å². The van der Waals surface area contributed by atoms with Gasteiger partial charge in [0.05, 0.1) is 61.2 Å². The molecule has 0 fully saturated rings. The first-order valence-corrected chi connectivity index (χ1v) is 34.5. The first-order chi connectivity index (χ1) is 50.1. The van der Waals surface area contributed by atoms with Crippen LogP contribution in [0.5, 0.6) is 0 Å². The van der Waals surface area contributed by atoms with E-state index in [1.165, 1.54) is 120 Å². The fourth-order valence-corrected chi connectivity index (χ4v) is 17.5. The van der Waals surface area contributed by atoms with E-state index in [1.54, 1.807) is 0 Å². The maximum atomic E-state index is 6.58. The van der Waals surface area contributed by atoms with Crippen LogP contribution in [0.15, 0.2) is 341 Å². The lowest BCUT2D eigenvalue weighted by Crippen LogP contribution is -1.94. The molecule has 7 nitrogen and oxygen atoms in total. The molecule has 17 aromatic carbocycles. The Morgan fingerprint density at radius 3 is 0.990 bits per heavy atom. The van der Waals surface area contributed by atoms with E-state index in [2.05, 4.69) is 328 Å². The second kappa shape index (κ2) is 20.5. The number of fused-ring (bicyclic) bond motifs is 15. The van der Waals surface area contributed by atoms with Crippen LogP contribution in [0.4, 0.5) is 0 Å². The Morgan fingerprint density at radius 1 is 0.188 bits per heavy atom. The van der Waals surface area contributed by atoms with Gasteiger partial charge >= 0.3 is 0 Å². The van der Waals surface area contributed by atoms with Gasteiger partial charge in [-0.15, -0.1) is 0 Å². The smallest absolute Gasteiger partial charge is 0.159 e. The highest BCUT2D eigenvalue weighted by atomic mass is 16.3. The van der Waals surface area contributed by atoms with Crippen LogP contribution in [0.3, 0.4) is 0 Å². The second-order valence-corrected chi connectivity index (χ2v) is 26.9. The van der Waals surface area contributed by atoms with Crippen molar-refractivity contribution in [1.29, 1.82) is 0 Å². The molecule has 0 aliphatic rings. The molecule has 7 heterocycles. The molecule has 0 atom stereocenters. The SMILES string of the molecule is c1ccc(-n2c3cccc4ccc5c(-c6ccc7c(c6)c6ccccc6n7-c6cccc7c6oc6ccccc67)ccc2c5c43)cc1.c1ccc2c(c1)oc1c(-n3c4ccccc4c4cc(-c5ccc6c7c5ccc5cccc(c57)n6-c5cccc6c5oc5ccccc56)ccc43)cccc12. The number of benzene rings is 17. The predicted molar refractivity (Wildman–Crippen MR) is 420 cm³/mol. The van der Waals surface area contributed by atoms with E-state index in [0.717, 1.165) is 99.4 Å². The number of para-hydroxylation sites is 9. The maximum Gasteiger partial charge on any atom is 0.159 e. The summed E-state index contributed by atoms with van der Waals surface area (Å²) in [4.78, 5) is 0. The van der Waals surface area contributed by atoms with Gasteiger partial charge in [0.2, 0.25) is 0 Å². The average Bonchev–Trinajstić information content (AvgIpc) is 1.56. The number of aromatic nitrogens is 4. The standard InChI is InChI=1S/C50H28N2O2.C44H26N2O/c1-4-16-39-32(11-1)38-28-30(23-26-40(38)51(39)43-18-8-14-36-33-12-2-5-20-45(33)53-49(36)43)31-25-27-42-48-35(31)24-22-29-10-7-17-41(47(29)48)52(42)44-19-9-15-37-34-13-3-6-21-46(34)54-50(37)44;1-2-11-29(12-3-1)45-38-17-8-10-27-20-22-33-30(23-25-39(45)43(33)42(27)38)28-21-24-37-35(26-28)31-13-4-6-16-36(31)46(37)40-18-9-15-34-32-14-5-7-19-41(32)47-44(34)40/h1-28H;1-26H. The third-order valence-electron chi connectivity index (χ3n) is 21.8. The Morgan fingerprint density at radius 2 is 0.525 bits per heavy atom. The van der Waals surface area contributed by atoms with Crippen molar-refractivity contribution < 1.29 is 13.3 Å². The Labute approximate surface area is 575 Å². The number of nitrogens with zero attached hydrogens (tertiary/aromatic N) is 4. The third-order valence-corrected chi connectivity index (χ3v) is 21.8. The van der Waals surface area contributed by atoms with Crippen LogP contribution in [0.2, 0.25) is 0 Å². The van der Waals surface area contributed by atoms with Crippen molar-refractivity contribution in [3.8, 4) is 45.0 Å². The van der Waals surface area contributed by atoms with Crippen LogP contribution in [0.25, 0.3) is 220 Å². The Bertz CT molecular complexity index is 7590. The lowest BCUT2D eigenvalue weighted by Gasteiger charge is -2.11. The molecule has 7 aromatic heterocycles. The molecule has 0 spiro atoms. The lowest BCUT2D eigenvalue weighted by molar-refractivity contribution is 0.666. The summed E-state index contributed by atoms with van der Waals surface area (Å²) in [5.74, 6) is 0. The van der Waals surface area contributed by atoms with E-state index >= 15 is 0 Å². The van der Waals surface area contributed by atoms with Crippen LogP contribution in [0.1, 0.15) is 0 Å². The van der Waals surface area contributed by atoms with Gasteiger partial charge in [-0.1, -0.05) is 218 Å². The molecule has 7 heteroatoms. The summed E-state index contributed by atoms with van der Waals surface area (Å²) in [5, 5.41) is 21.9. The van der Waals surface area contributed by atoms with E-state index in [-0.39, 0.29) is 0 Å². The fourth-order valence-electron chi connectivity index (χ4n) is 17.5. The first-order valence-electron chi connectivity index (χ1n) is 34.5. The topological polar surface area (TPSA) is 59.1 Å². The molecule has 0 aliphatic carbocycles. The highest BCUT2D eigenvalue weighted by Crippen LogP contribution is 2.49. The molecular weight excluding hydrogens is 1230 g/mol. The highest BCUT2D eigenvalue weighted by molar-refractivity contribution is 6.29. The van der Waals surface area contributed by atoms with E-state index in [0.29, 0.717) is 0 Å². The minimum Gasteiger partial charge on any atom is -0.454 e. The zero-order valence-electron chi connectivity index (χ0n) is 54.2. The minimum atomic E-state index is 0.899. The van der Waals surface area contributed by atoms with Crippen LogP contribution >= 0.6 is 0 Å². The van der Waals surface area contributed by atoms with Crippen molar-refractivity contribution >= 4 is 175 Å². The zero-order chi connectivity index (χ0) is 65.7. The van der Waals surface area contributed by atoms with Crippen molar-refractivity contribution in [2.24, 2.45) is 0 Å². The van der Waals surface area contributed by atoms with Gasteiger partial charge in [-0.3, -0.25) is 0 Å². The molecule has 24 aromatic rings. The van der Waals surface area contributed by atoms with Gasteiger partial charge < -0.3 is 31.5 Å². The fraction of sp³-hybridized carbons (Fsp3) is 0. The number of hydrogen-bond acceptors (Lipinski definition) is 3. The number of rotatable bonds is 6. The Hall–Kier alpha value is -13.6. The van der Waals surface area contributed by atoms with E-state index in [4.69, 9.17) is 13.3 Å². The van der Waals surface area contributed by atoms with Crippen LogP contribution < -0.4 is 0 Å². The summed E-state index contributed by atoms with van der Waals surface area (Å²) in [6, 6.07) is 118. The Balaban J connectivity index is 0.000000126. The van der Waals surface area contributed by atoms with Crippen molar-refractivity contribution in [2.75, 3.05) is 0 Å². The van der Waals surface area contributed by atoms with E-state index in [9.17, 15) is 0 Å². The van der Waals surface area contributed by atoms with Crippen LogP contribution in [-0.2, 0) is 0 Å². The molecule has 468 valence electrons. The van der Waals surface area contributed by atoms with Crippen molar-refractivity contribution in [1.82, 2.24) is 18.3 Å².